The summed E-state index contributed by atoms with van der Waals surface area (Å²) in [5.41, 5.74) is 0.954. The lowest BCUT2D eigenvalue weighted by Crippen LogP contribution is -2.22. The Morgan fingerprint density at radius 2 is 1.86 bits per heavy atom. The van der Waals surface area contributed by atoms with E-state index in [1.54, 1.807) is 0 Å². The summed E-state index contributed by atoms with van der Waals surface area (Å²) in [5, 5.41) is 6.12. The molecular formula is C19H22F4N4O. The number of aryl methyl sites for hydroxylation is 1. The number of carbonyl (C=O) groups is 1. The zero-order chi connectivity index (χ0) is 20.3. The summed E-state index contributed by atoms with van der Waals surface area (Å²) in [6.45, 7) is 4.11. The minimum atomic E-state index is -3.00. The predicted molar refractivity (Wildman–Crippen MR) is 96.5 cm³/mol. The zero-order valence-electron chi connectivity index (χ0n) is 15.5. The molecule has 1 amide bonds. The molecule has 5 nitrogen and oxygen atoms in total. The molecule has 0 spiro atoms. The molecule has 1 aromatic heterocycles. The van der Waals surface area contributed by atoms with Crippen LogP contribution < -0.4 is 5.32 Å². The number of nitrogens with zero attached hydrogens (tertiary/aromatic N) is 3. The van der Waals surface area contributed by atoms with Crippen molar-refractivity contribution in [2.24, 2.45) is 0 Å². The van der Waals surface area contributed by atoms with Crippen molar-refractivity contribution in [1.82, 2.24) is 14.7 Å². The average Bonchev–Trinajstić information content (AvgIpc) is 3.27. The van der Waals surface area contributed by atoms with Gasteiger partial charge in [-0.15, -0.1) is 0 Å². The van der Waals surface area contributed by atoms with Crippen molar-refractivity contribution in [2.45, 2.75) is 45.7 Å². The molecule has 2 heterocycles. The third-order valence-electron chi connectivity index (χ3n) is 4.75. The van der Waals surface area contributed by atoms with Crippen LogP contribution in [0.2, 0.25) is 0 Å². The van der Waals surface area contributed by atoms with Gasteiger partial charge in [-0.2, -0.15) is 5.10 Å². The van der Waals surface area contributed by atoms with Crippen molar-refractivity contribution in [2.75, 3.05) is 18.4 Å². The number of benzene rings is 1. The highest BCUT2D eigenvalue weighted by atomic mass is 19.3. The van der Waals surface area contributed by atoms with Crippen molar-refractivity contribution in [3.63, 3.8) is 0 Å². The monoisotopic (exact) mass is 398 g/mol. The summed E-state index contributed by atoms with van der Waals surface area (Å²) in [7, 11) is 0. The number of likely N-dealkylation sites (tertiary alicyclic amines) is 1. The fourth-order valence-electron chi connectivity index (χ4n) is 3.29. The van der Waals surface area contributed by atoms with Gasteiger partial charge in [0.05, 0.1) is 0 Å². The van der Waals surface area contributed by atoms with Gasteiger partial charge in [-0.1, -0.05) is 12.1 Å². The molecule has 0 aliphatic carbocycles. The Kier molecular flexibility index (Phi) is 6.33. The first-order chi connectivity index (χ1) is 13.3. The maximum absolute atomic E-state index is 13.1. The first-order valence-electron chi connectivity index (χ1n) is 9.09. The second-order valence-electron chi connectivity index (χ2n) is 6.93. The van der Waals surface area contributed by atoms with Crippen LogP contribution in [0, 0.1) is 6.92 Å². The van der Waals surface area contributed by atoms with E-state index in [9.17, 15) is 22.4 Å². The first-order valence-corrected chi connectivity index (χ1v) is 9.09. The molecule has 9 heteroatoms. The van der Waals surface area contributed by atoms with Crippen LogP contribution in [-0.2, 0) is 17.9 Å². The maximum Gasteiger partial charge on any atom is 0.282 e. The molecule has 1 saturated heterocycles. The number of hydrogen-bond acceptors (Lipinski definition) is 3. The topological polar surface area (TPSA) is 50.2 Å². The summed E-state index contributed by atoms with van der Waals surface area (Å²) in [5.74, 6) is -0.604. The van der Waals surface area contributed by atoms with Crippen LogP contribution in [-0.4, -0.2) is 33.7 Å². The van der Waals surface area contributed by atoms with Crippen LogP contribution in [0.15, 0.2) is 24.3 Å². The van der Waals surface area contributed by atoms with Gasteiger partial charge in [-0.25, -0.2) is 17.6 Å². The van der Waals surface area contributed by atoms with E-state index >= 15 is 0 Å². The Hall–Kier alpha value is -2.42. The molecule has 1 N–H and O–H groups in total. The van der Waals surface area contributed by atoms with Crippen molar-refractivity contribution in [1.29, 1.82) is 0 Å². The lowest BCUT2D eigenvalue weighted by molar-refractivity contribution is -0.117. The van der Waals surface area contributed by atoms with Crippen LogP contribution in [0.1, 0.15) is 48.2 Å². The van der Waals surface area contributed by atoms with Gasteiger partial charge in [-0.05, 0) is 56.1 Å². The predicted octanol–water partition coefficient (Wildman–Crippen LogP) is 4.30. The van der Waals surface area contributed by atoms with Crippen LogP contribution in [0.25, 0.3) is 0 Å². The van der Waals surface area contributed by atoms with E-state index < -0.39 is 36.7 Å². The number of carbonyl (C=O) groups excluding carboxylic acids is 1. The molecule has 0 radical (unpaired) electrons. The average molecular weight is 398 g/mol. The van der Waals surface area contributed by atoms with Gasteiger partial charge in [0.2, 0.25) is 5.91 Å². The summed E-state index contributed by atoms with van der Waals surface area (Å²) < 4.78 is 52.2. The highest BCUT2D eigenvalue weighted by molar-refractivity contribution is 5.91. The molecule has 152 valence electrons. The molecule has 2 aromatic rings. The third kappa shape index (κ3) is 4.89. The molecule has 0 saturated carbocycles. The van der Waals surface area contributed by atoms with Crippen molar-refractivity contribution < 1.29 is 22.4 Å². The van der Waals surface area contributed by atoms with Gasteiger partial charge >= 0.3 is 0 Å². The number of aromatic nitrogens is 2. The highest BCUT2D eigenvalue weighted by Crippen LogP contribution is 2.25. The number of alkyl halides is 4. The first kappa shape index (κ1) is 20.3. The van der Waals surface area contributed by atoms with Crippen LogP contribution >= 0.6 is 0 Å². The van der Waals surface area contributed by atoms with E-state index in [0.29, 0.717) is 16.4 Å². The second-order valence-corrected chi connectivity index (χ2v) is 6.93. The fourth-order valence-corrected chi connectivity index (χ4v) is 3.29. The molecule has 0 bridgehead atoms. The normalized spacial score (nSPS) is 15.0. The summed E-state index contributed by atoms with van der Waals surface area (Å²) in [6, 6.07) is 6.35. The summed E-state index contributed by atoms with van der Waals surface area (Å²) in [6.07, 6.45) is -3.64. The molecule has 0 atom stereocenters. The number of amides is 1. The Morgan fingerprint density at radius 3 is 2.50 bits per heavy atom. The molecule has 28 heavy (non-hydrogen) atoms. The molecule has 0 unspecified atom stereocenters. The smallest absolute Gasteiger partial charge is 0.282 e. The van der Waals surface area contributed by atoms with Gasteiger partial charge in [0.1, 0.15) is 17.9 Å². The Labute approximate surface area is 160 Å². The maximum atomic E-state index is 13.1. The fraction of sp³-hybridized carbons (Fsp3) is 0.474. The van der Waals surface area contributed by atoms with E-state index in [1.165, 1.54) is 12.8 Å². The van der Waals surface area contributed by atoms with Gasteiger partial charge < -0.3 is 5.32 Å². The molecule has 1 aliphatic heterocycles. The SMILES string of the molecule is Cc1ccc(CN2CCCC2)cc1NC(=O)Cn1nc(C(F)F)cc1C(F)F. The number of nitrogens with one attached hydrogen (secondary N) is 1. The zero-order valence-corrected chi connectivity index (χ0v) is 15.5. The van der Waals surface area contributed by atoms with Gasteiger partial charge in [0.15, 0.2) is 0 Å². The standard InChI is InChI=1S/C19H22F4N4O/c1-12-4-5-13(10-26-6-2-3-7-26)8-14(12)24-17(28)11-27-16(19(22)23)9-15(25-27)18(20)21/h4-5,8-9,18-19H,2-3,6-7,10-11H2,1H3,(H,24,28). The van der Waals surface area contributed by atoms with E-state index in [4.69, 9.17) is 0 Å². The Balaban J connectivity index is 1.71. The van der Waals surface area contributed by atoms with Gasteiger partial charge in [0.25, 0.3) is 12.9 Å². The number of halogens is 4. The lowest BCUT2D eigenvalue weighted by Gasteiger charge is -2.16. The number of rotatable bonds is 7. The minimum absolute atomic E-state index is 0.567. The lowest BCUT2D eigenvalue weighted by atomic mass is 10.1. The number of hydrogen-bond donors (Lipinski definition) is 1. The van der Waals surface area contributed by atoms with Gasteiger partial charge in [0, 0.05) is 12.2 Å². The molecule has 3 rings (SSSR count). The van der Waals surface area contributed by atoms with Crippen LogP contribution in [0.4, 0.5) is 23.2 Å². The van der Waals surface area contributed by atoms with Gasteiger partial charge in [-0.3, -0.25) is 14.4 Å². The number of anilines is 1. The second kappa shape index (κ2) is 8.72. The Morgan fingerprint density at radius 1 is 1.14 bits per heavy atom. The minimum Gasteiger partial charge on any atom is -0.324 e. The van der Waals surface area contributed by atoms with Crippen molar-refractivity contribution in [3.05, 3.63) is 46.8 Å². The highest BCUT2D eigenvalue weighted by Gasteiger charge is 2.22. The molecular weight excluding hydrogens is 376 g/mol. The largest absolute Gasteiger partial charge is 0.324 e. The van der Waals surface area contributed by atoms with Crippen LogP contribution in [0.3, 0.4) is 0 Å². The molecule has 1 aliphatic rings. The molecule has 1 fully saturated rings. The Bertz CT molecular complexity index is 831. The van der Waals surface area contributed by atoms with Crippen LogP contribution in [0.5, 0.6) is 0 Å². The van der Waals surface area contributed by atoms with E-state index in [-0.39, 0.29) is 0 Å². The third-order valence-corrected chi connectivity index (χ3v) is 4.75. The van der Waals surface area contributed by atoms with Crippen molar-refractivity contribution in [3.8, 4) is 0 Å². The quantitative estimate of drug-likeness (QED) is 0.708. The van der Waals surface area contributed by atoms with E-state index in [1.807, 2.05) is 25.1 Å². The van der Waals surface area contributed by atoms with E-state index in [2.05, 4.69) is 15.3 Å². The summed E-state index contributed by atoms with van der Waals surface area (Å²) in [4.78, 5) is 14.6. The summed E-state index contributed by atoms with van der Waals surface area (Å²) >= 11 is 0. The molecule has 1 aromatic carbocycles. The van der Waals surface area contributed by atoms with E-state index in [0.717, 1.165) is 30.8 Å². The van der Waals surface area contributed by atoms with Crippen molar-refractivity contribution >= 4 is 11.6 Å².